The van der Waals surface area contributed by atoms with Crippen LogP contribution in [0.1, 0.15) is 20.3 Å². The zero-order chi connectivity index (χ0) is 9.61. The molecular formula is C8H21NO2Si. The summed E-state index contributed by atoms with van der Waals surface area (Å²) < 4.78 is 10.4. The molecule has 74 valence electrons. The van der Waals surface area contributed by atoms with E-state index >= 15 is 0 Å². The van der Waals surface area contributed by atoms with Crippen LogP contribution in [0.5, 0.6) is 0 Å². The van der Waals surface area contributed by atoms with Gasteiger partial charge in [-0.3, -0.25) is 0 Å². The van der Waals surface area contributed by atoms with Crippen molar-refractivity contribution in [2.75, 3.05) is 20.8 Å². The van der Waals surface area contributed by atoms with Gasteiger partial charge in [-0.15, -0.1) is 0 Å². The van der Waals surface area contributed by atoms with Crippen molar-refractivity contribution in [2.45, 2.75) is 26.3 Å². The lowest BCUT2D eigenvalue weighted by Crippen LogP contribution is -2.27. The fourth-order valence-electron chi connectivity index (χ4n) is 0.943. The summed E-state index contributed by atoms with van der Waals surface area (Å²) in [7, 11) is 2.07. The highest BCUT2D eigenvalue weighted by atomic mass is 28.3. The predicted octanol–water partition coefficient (Wildman–Crippen LogP) is 0.875. The van der Waals surface area contributed by atoms with Crippen LogP contribution in [0.3, 0.4) is 0 Å². The number of nitrogens with two attached hydrogens (primary N) is 1. The molecule has 0 aromatic carbocycles. The van der Waals surface area contributed by atoms with E-state index in [2.05, 4.69) is 13.8 Å². The third kappa shape index (κ3) is 4.87. The smallest absolute Gasteiger partial charge is 0.320 e. The van der Waals surface area contributed by atoms with Crippen LogP contribution in [0.2, 0.25) is 6.04 Å². The van der Waals surface area contributed by atoms with Gasteiger partial charge in [-0.05, 0) is 24.4 Å². The van der Waals surface area contributed by atoms with Crippen LogP contribution in [0.15, 0.2) is 0 Å². The highest BCUT2D eigenvalue weighted by Gasteiger charge is 2.19. The van der Waals surface area contributed by atoms with Gasteiger partial charge in [0.25, 0.3) is 0 Å². The van der Waals surface area contributed by atoms with E-state index in [-0.39, 0.29) is 5.41 Å². The Morgan fingerprint density at radius 1 is 1.25 bits per heavy atom. The molecule has 0 aliphatic rings. The summed E-state index contributed by atoms with van der Waals surface area (Å²) >= 11 is 0. The van der Waals surface area contributed by atoms with Gasteiger partial charge >= 0.3 is 9.28 Å². The highest BCUT2D eigenvalue weighted by Crippen LogP contribution is 2.21. The Bertz CT molecular complexity index is 116. The molecule has 3 nitrogen and oxygen atoms in total. The van der Waals surface area contributed by atoms with Crippen LogP contribution in [-0.4, -0.2) is 30.0 Å². The first kappa shape index (κ1) is 12.1. The molecule has 0 aromatic heterocycles. The van der Waals surface area contributed by atoms with Crippen LogP contribution >= 0.6 is 0 Å². The molecule has 0 aromatic rings. The van der Waals surface area contributed by atoms with Crippen molar-refractivity contribution in [3.63, 3.8) is 0 Å². The lowest BCUT2D eigenvalue weighted by Gasteiger charge is -2.23. The summed E-state index contributed by atoms with van der Waals surface area (Å²) in [5, 5.41) is 0. The van der Waals surface area contributed by atoms with Crippen molar-refractivity contribution in [2.24, 2.45) is 11.1 Å². The normalized spacial score (nSPS) is 12.5. The maximum Gasteiger partial charge on any atom is 0.320 e. The fraction of sp³-hybridized carbons (Fsp3) is 1.00. The minimum atomic E-state index is -1.36. The van der Waals surface area contributed by atoms with E-state index in [9.17, 15) is 0 Å². The monoisotopic (exact) mass is 191 g/mol. The van der Waals surface area contributed by atoms with Gasteiger partial charge in [0.2, 0.25) is 0 Å². The minimum Gasteiger partial charge on any atom is -0.400 e. The van der Waals surface area contributed by atoms with Crippen LogP contribution in [-0.2, 0) is 8.85 Å². The second kappa shape index (κ2) is 5.69. The van der Waals surface area contributed by atoms with Crippen LogP contribution < -0.4 is 5.73 Å². The van der Waals surface area contributed by atoms with Crippen LogP contribution in [0.25, 0.3) is 0 Å². The van der Waals surface area contributed by atoms with Gasteiger partial charge in [-0.2, -0.15) is 0 Å². The van der Waals surface area contributed by atoms with E-state index in [1.807, 2.05) is 0 Å². The third-order valence-corrected chi connectivity index (χ3v) is 3.95. The molecule has 0 saturated heterocycles. The summed E-state index contributed by atoms with van der Waals surface area (Å²) in [6.07, 6.45) is 1.09. The summed E-state index contributed by atoms with van der Waals surface area (Å²) in [5.74, 6) is 0. The van der Waals surface area contributed by atoms with Crippen molar-refractivity contribution in [1.29, 1.82) is 0 Å². The Balaban J connectivity index is 3.65. The molecule has 0 heterocycles. The molecule has 0 amide bonds. The van der Waals surface area contributed by atoms with E-state index in [1.165, 1.54) is 0 Å². The molecule has 0 unspecified atom stereocenters. The Hall–Kier alpha value is 0.0969. The average Bonchev–Trinajstić information content (AvgIpc) is 2.06. The van der Waals surface area contributed by atoms with E-state index in [1.54, 1.807) is 14.2 Å². The first-order valence-corrected chi connectivity index (χ1v) is 6.07. The van der Waals surface area contributed by atoms with Crippen molar-refractivity contribution in [3.8, 4) is 0 Å². The van der Waals surface area contributed by atoms with E-state index in [4.69, 9.17) is 14.6 Å². The quantitative estimate of drug-likeness (QED) is 0.634. The van der Waals surface area contributed by atoms with Gasteiger partial charge in [-0.1, -0.05) is 13.8 Å². The highest BCUT2D eigenvalue weighted by molar-refractivity contribution is 6.44. The first-order chi connectivity index (χ1) is 5.55. The summed E-state index contributed by atoms with van der Waals surface area (Å²) in [6.45, 7) is 5.06. The topological polar surface area (TPSA) is 44.5 Å². The molecule has 0 fully saturated rings. The van der Waals surface area contributed by atoms with Crippen LogP contribution in [0.4, 0.5) is 0 Å². The number of hydrogen-bond donors (Lipinski definition) is 1. The molecule has 0 radical (unpaired) electrons. The maximum atomic E-state index is 5.61. The Morgan fingerprint density at radius 3 is 2.08 bits per heavy atom. The molecular weight excluding hydrogens is 170 g/mol. The third-order valence-electron chi connectivity index (χ3n) is 2.14. The van der Waals surface area contributed by atoms with Crippen LogP contribution in [0, 0.1) is 5.41 Å². The Morgan fingerprint density at radius 2 is 1.75 bits per heavy atom. The standard InChI is InChI=1S/C8H21NO2Si/c1-8(2,7-9)5-6-12(10-3)11-4/h12H,5-7,9H2,1-4H3. The van der Waals surface area contributed by atoms with Gasteiger partial charge in [0, 0.05) is 14.2 Å². The molecule has 0 aliphatic carbocycles. The lowest BCUT2D eigenvalue weighted by molar-refractivity contribution is 0.264. The maximum absolute atomic E-state index is 5.61. The molecule has 12 heavy (non-hydrogen) atoms. The molecule has 2 N–H and O–H groups in total. The Kier molecular flexibility index (Phi) is 5.74. The summed E-state index contributed by atoms with van der Waals surface area (Å²) in [5.41, 5.74) is 5.83. The van der Waals surface area contributed by atoms with Gasteiger partial charge in [0.05, 0.1) is 0 Å². The number of rotatable bonds is 6. The molecule has 0 spiro atoms. The zero-order valence-electron chi connectivity index (χ0n) is 8.59. The molecule has 0 saturated carbocycles. The Labute approximate surface area is 77.1 Å². The van der Waals surface area contributed by atoms with E-state index in [0.717, 1.165) is 19.0 Å². The summed E-state index contributed by atoms with van der Waals surface area (Å²) in [4.78, 5) is 0. The molecule has 0 atom stereocenters. The van der Waals surface area contributed by atoms with Crippen molar-refractivity contribution < 1.29 is 8.85 Å². The van der Waals surface area contributed by atoms with Gasteiger partial charge < -0.3 is 14.6 Å². The average molecular weight is 191 g/mol. The van der Waals surface area contributed by atoms with Crippen molar-refractivity contribution in [3.05, 3.63) is 0 Å². The van der Waals surface area contributed by atoms with Gasteiger partial charge in [0.1, 0.15) is 0 Å². The molecule has 4 heteroatoms. The second-order valence-electron chi connectivity index (χ2n) is 3.81. The lowest BCUT2D eigenvalue weighted by atomic mass is 9.91. The van der Waals surface area contributed by atoms with E-state index < -0.39 is 9.28 Å². The minimum absolute atomic E-state index is 0.225. The molecule has 0 bridgehead atoms. The van der Waals surface area contributed by atoms with Gasteiger partial charge in [0.15, 0.2) is 0 Å². The van der Waals surface area contributed by atoms with Crippen molar-refractivity contribution >= 4 is 9.28 Å². The molecule has 0 rings (SSSR count). The second-order valence-corrected chi connectivity index (χ2v) is 6.19. The zero-order valence-corrected chi connectivity index (χ0v) is 9.75. The van der Waals surface area contributed by atoms with Gasteiger partial charge in [-0.25, -0.2) is 0 Å². The predicted molar refractivity (Wildman–Crippen MR) is 53.4 cm³/mol. The fourth-order valence-corrected chi connectivity index (χ4v) is 2.62. The first-order valence-electron chi connectivity index (χ1n) is 4.31. The van der Waals surface area contributed by atoms with E-state index in [0.29, 0.717) is 0 Å². The largest absolute Gasteiger partial charge is 0.400 e. The summed E-state index contributed by atoms with van der Waals surface area (Å²) in [6, 6.07) is 1.04. The molecule has 0 aliphatic heterocycles. The number of hydrogen-bond acceptors (Lipinski definition) is 3. The SMILES string of the molecule is CO[SiH](CCC(C)(C)CN)OC. The van der Waals surface area contributed by atoms with Crippen molar-refractivity contribution in [1.82, 2.24) is 0 Å².